The molecule has 8 heteroatoms. The van der Waals surface area contributed by atoms with Crippen molar-refractivity contribution in [3.05, 3.63) is 83.9 Å². The van der Waals surface area contributed by atoms with E-state index in [1.807, 2.05) is 77.4 Å². The predicted octanol–water partition coefficient (Wildman–Crippen LogP) is 3.02. The van der Waals surface area contributed by atoms with Crippen molar-refractivity contribution < 1.29 is 14.4 Å². The van der Waals surface area contributed by atoms with Crippen molar-refractivity contribution in [3.8, 4) is 11.4 Å². The molecule has 6 rings (SSSR count). The number of benzene rings is 3. The zero-order valence-electron chi connectivity index (χ0n) is 18.2. The number of rotatable bonds is 4. The van der Waals surface area contributed by atoms with Gasteiger partial charge in [-0.05, 0) is 35.4 Å². The molecule has 1 aliphatic carbocycles. The second-order valence-electron chi connectivity index (χ2n) is 8.75. The maximum absolute atomic E-state index is 13.1. The summed E-state index contributed by atoms with van der Waals surface area (Å²) in [5.74, 6) is 0.246. The molecule has 2 heterocycles. The fourth-order valence-electron chi connectivity index (χ4n) is 4.92. The van der Waals surface area contributed by atoms with Crippen molar-refractivity contribution in [2.45, 2.75) is 24.9 Å². The van der Waals surface area contributed by atoms with E-state index in [9.17, 15) is 14.4 Å². The maximum Gasteiger partial charge on any atom is 0.322 e. The SMILES string of the molecule is O=C(Cn1c(-c2ccccc2)nc2ccccc21)Nc1ccc2c(c1)CC1(C2)NC(=O)NC1=O. The van der Waals surface area contributed by atoms with E-state index in [-0.39, 0.29) is 18.4 Å². The quantitative estimate of drug-likeness (QED) is 0.415. The molecule has 1 fully saturated rings. The number of carbonyl (C=O) groups excluding carboxylic acids is 3. The van der Waals surface area contributed by atoms with Gasteiger partial charge < -0.3 is 15.2 Å². The molecule has 0 bridgehead atoms. The highest BCUT2D eigenvalue weighted by molar-refractivity contribution is 6.08. The van der Waals surface area contributed by atoms with E-state index >= 15 is 0 Å². The Morgan fingerprint density at radius 2 is 1.74 bits per heavy atom. The van der Waals surface area contributed by atoms with Gasteiger partial charge in [0, 0.05) is 24.1 Å². The molecule has 0 saturated carbocycles. The summed E-state index contributed by atoms with van der Waals surface area (Å²) in [5.41, 5.74) is 4.30. The molecule has 3 N–H and O–H groups in total. The number of imidazole rings is 1. The highest BCUT2D eigenvalue weighted by Crippen LogP contribution is 2.34. The number of fused-ring (bicyclic) bond motifs is 2. The summed E-state index contributed by atoms with van der Waals surface area (Å²) in [4.78, 5) is 41.8. The summed E-state index contributed by atoms with van der Waals surface area (Å²) in [6.07, 6.45) is 0.837. The second kappa shape index (κ2) is 7.55. The van der Waals surface area contributed by atoms with Crippen molar-refractivity contribution in [3.63, 3.8) is 0 Å². The van der Waals surface area contributed by atoms with Gasteiger partial charge in [0.25, 0.3) is 5.91 Å². The number of amides is 4. The van der Waals surface area contributed by atoms with Crippen LogP contribution in [0.25, 0.3) is 22.4 Å². The van der Waals surface area contributed by atoms with Crippen LogP contribution in [0.3, 0.4) is 0 Å². The number of nitrogens with one attached hydrogen (secondary N) is 3. The molecule has 1 spiro atoms. The molecule has 34 heavy (non-hydrogen) atoms. The second-order valence-corrected chi connectivity index (χ2v) is 8.75. The predicted molar refractivity (Wildman–Crippen MR) is 127 cm³/mol. The summed E-state index contributed by atoms with van der Waals surface area (Å²) in [6, 6.07) is 22.7. The number of hydrogen-bond donors (Lipinski definition) is 3. The van der Waals surface area contributed by atoms with Gasteiger partial charge in [0.05, 0.1) is 11.0 Å². The van der Waals surface area contributed by atoms with Crippen molar-refractivity contribution in [2.75, 3.05) is 5.32 Å². The van der Waals surface area contributed by atoms with E-state index in [0.29, 0.717) is 18.5 Å². The first-order valence-electron chi connectivity index (χ1n) is 11.1. The maximum atomic E-state index is 13.1. The minimum absolute atomic E-state index is 0.101. The van der Waals surface area contributed by atoms with Gasteiger partial charge in [-0.3, -0.25) is 14.9 Å². The third-order valence-corrected chi connectivity index (χ3v) is 6.48. The highest BCUT2D eigenvalue weighted by Gasteiger charge is 2.49. The van der Waals surface area contributed by atoms with Crippen LogP contribution in [0.15, 0.2) is 72.8 Å². The fraction of sp³-hybridized carbons (Fsp3) is 0.154. The van der Waals surface area contributed by atoms with Crippen LogP contribution < -0.4 is 16.0 Å². The largest absolute Gasteiger partial charge is 0.325 e. The number of hydrogen-bond acceptors (Lipinski definition) is 4. The van der Waals surface area contributed by atoms with Gasteiger partial charge in [-0.25, -0.2) is 9.78 Å². The minimum Gasteiger partial charge on any atom is -0.325 e. The van der Waals surface area contributed by atoms with Crippen molar-refractivity contribution >= 4 is 34.6 Å². The van der Waals surface area contributed by atoms with E-state index in [1.165, 1.54) is 0 Å². The molecular weight excluding hydrogens is 430 g/mol. The van der Waals surface area contributed by atoms with Crippen LogP contribution in [0.4, 0.5) is 10.5 Å². The standard InChI is InChI=1S/C26H21N5O3/c32-22(15-31-21-9-5-4-8-20(21)28-23(31)16-6-2-1-3-7-16)27-19-11-10-17-13-26(14-18(17)12-19)24(33)29-25(34)30-26/h1-12H,13-15H2,(H,27,32)(H2,29,30,33,34). The van der Waals surface area contributed by atoms with E-state index in [0.717, 1.165) is 33.5 Å². The molecule has 0 radical (unpaired) electrons. The van der Waals surface area contributed by atoms with E-state index in [1.54, 1.807) is 0 Å². The van der Waals surface area contributed by atoms with Gasteiger partial charge in [0.1, 0.15) is 17.9 Å². The van der Waals surface area contributed by atoms with Gasteiger partial charge in [0.15, 0.2) is 0 Å². The molecule has 1 unspecified atom stereocenters. The zero-order chi connectivity index (χ0) is 23.3. The summed E-state index contributed by atoms with van der Waals surface area (Å²) in [6.45, 7) is 0.101. The van der Waals surface area contributed by atoms with Gasteiger partial charge >= 0.3 is 6.03 Å². The van der Waals surface area contributed by atoms with E-state index in [2.05, 4.69) is 16.0 Å². The van der Waals surface area contributed by atoms with E-state index < -0.39 is 11.6 Å². The van der Waals surface area contributed by atoms with Crippen molar-refractivity contribution in [1.29, 1.82) is 0 Å². The average Bonchev–Trinajstić information content (AvgIpc) is 3.46. The number of carbonyl (C=O) groups is 3. The van der Waals surface area contributed by atoms with Gasteiger partial charge in [-0.15, -0.1) is 0 Å². The Morgan fingerprint density at radius 1 is 0.971 bits per heavy atom. The molecule has 1 saturated heterocycles. The monoisotopic (exact) mass is 451 g/mol. The van der Waals surface area contributed by atoms with Crippen LogP contribution in [0.2, 0.25) is 0 Å². The number of nitrogens with zero attached hydrogens (tertiary/aromatic N) is 2. The fourth-order valence-corrected chi connectivity index (χ4v) is 4.92. The normalized spacial score (nSPS) is 18.7. The molecule has 8 nitrogen and oxygen atoms in total. The molecule has 4 amide bonds. The van der Waals surface area contributed by atoms with Crippen LogP contribution in [0.1, 0.15) is 11.1 Å². The molecule has 1 aromatic heterocycles. The molecule has 1 aliphatic heterocycles. The minimum atomic E-state index is -0.928. The smallest absolute Gasteiger partial charge is 0.322 e. The number of para-hydroxylation sites is 2. The van der Waals surface area contributed by atoms with Crippen LogP contribution >= 0.6 is 0 Å². The lowest BCUT2D eigenvalue weighted by atomic mass is 9.96. The molecule has 168 valence electrons. The topological polar surface area (TPSA) is 105 Å². The molecular formula is C26H21N5O3. The van der Waals surface area contributed by atoms with Crippen molar-refractivity contribution in [2.24, 2.45) is 0 Å². The van der Waals surface area contributed by atoms with Gasteiger partial charge in [-0.2, -0.15) is 0 Å². The Hall–Kier alpha value is -4.46. The first-order chi connectivity index (χ1) is 16.5. The van der Waals surface area contributed by atoms with Crippen LogP contribution in [0, 0.1) is 0 Å². The Balaban J connectivity index is 1.25. The summed E-state index contributed by atoms with van der Waals surface area (Å²) < 4.78 is 1.92. The van der Waals surface area contributed by atoms with Crippen LogP contribution in [0.5, 0.6) is 0 Å². The first-order valence-corrected chi connectivity index (χ1v) is 11.1. The van der Waals surface area contributed by atoms with Crippen LogP contribution in [-0.2, 0) is 29.0 Å². The molecule has 3 aromatic carbocycles. The molecule has 2 aliphatic rings. The number of imide groups is 1. The summed E-state index contributed by atoms with van der Waals surface area (Å²) >= 11 is 0. The molecule has 1 atom stereocenters. The Bertz CT molecular complexity index is 1480. The average molecular weight is 451 g/mol. The number of urea groups is 1. The highest BCUT2D eigenvalue weighted by atomic mass is 16.2. The van der Waals surface area contributed by atoms with Crippen molar-refractivity contribution in [1.82, 2.24) is 20.2 Å². The Labute approximate surface area is 195 Å². The molecule has 4 aromatic rings. The van der Waals surface area contributed by atoms with Crippen LogP contribution in [-0.4, -0.2) is 32.9 Å². The summed E-state index contributed by atoms with van der Waals surface area (Å²) in [7, 11) is 0. The Morgan fingerprint density at radius 3 is 2.53 bits per heavy atom. The Kier molecular flexibility index (Phi) is 4.48. The third kappa shape index (κ3) is 3.31. The van der Waals surface area contributed by atoms with E-state index in [4.69, 9.17) is 4.98 Å². The summed E-state index contributed by atoms with van der Waals surface area (Å²) in [5, 5.41) is 8.06. The number of anilines is 1. The lowest BCUT2D eigenvalue weighted by molar-refractivity contribution is -0.123. The zero-order valence-corrected chi connectivity index (χ0v) is 18.2. The lowest BCUT2D eigenvalue weighted by Crippen LogP contribution is -2.47. The number of aromatic nitrogens is 2. The lowest BCUT2D eigenvalue weighted by Gasteiger charge is -2.18. The first kappa shape index (κ1) is 20.2. The third-order valence-electron chi connectivity index (χ3n) is 6.48. The van der Waals surface area contributed by atoms with Gasteiger partial charge in [0.2, 0.25) is 5.91 Å². The van der Waals surface area contributed by atoms with Gasteiger partial charge in [-0.1, -0.05) is 48.5 Å².